The molecule has 6 heteroatoms. The van der Waals surface area contributed by atoms with Crippen molar-refractivity contribution in [2.75, 3.05) is 0 Å². The molecule has 2 aliphatic carbocycles. The van der Waals surface area contributed by atoms with E-state index in [-0.39, 0.29) is 16.5 Å². The summed E-state index contributed by atoms with van der Waals surface area (Å²) in [5.41, 5.74) is 2.23. The fraction of sp³-hybridized carbons (Fsp3) is 0.391. The SMILES string of the molecule is O=c1[nH]c(=S)[nH]c([C@H]2CC[C@H](C3C=CC=CC3)CC2)c1Cc1ccc(F)c(Cl)c1. The maximum atomic E-state index is 13.5. The molecule has 2 N–H and O–H groups in total. The van der Waals surface area contributed by atoms with Crippen molar-refractivity contribution in [1.82, 2.24) is 9.97 Å². The Morgan fingerprint density at radius 3 is 2.62 bits per heavy atom. The molecule has 3 nitrogen and oxygen atoms in total. The van der Waals surface area contributed by atoms with Gasteiger partial charge in [0.1, 0.15) is 5.82 Å². The fourth-order valence-electron chi connectivity index (χ4n) is 4.69. The largest absolute Gasteiger partial charge is 0.335 e. The van der Waals surface area contributed by atoms with E-state index >= 15 is 0 Å². The van der Waals surface area contributed by atoms with Crippen LogP contribution in [0.4, 0.5) is 4.39 Å². The van der Waals surface area contributed by atoms with Gasteiger partial charge in [-0.15, -0.1) is 0 Å². The Morgan fingerprint density at radius 1 is 1.14 bits per heavy atom. The first-order valence-electron chi connectivity index (χ1n) is 10.1. The second kappa shape index (κ2) is 8.80. The van der Waals surface area contributed by atoms with Gasteiger partial charge in [-0.2, -0.15) is 0 Å². The maximum Gasteiger partial charge on any atom is 0.255 e. The van der Waals surface area contributed by atoms with Crippen LogP contribution in [0.5, 0.6) is 0 Å². The summed E-state index contributed by atoms with van der Waals surface area (Å²) in [5.74, 6) is 1.14. The molecule has 2 aromatic rings. The third kappa shape index (κ3) is 4.62. The Kier molecular flexibility index (Phi) is 6.16. The monoisotopic (exact) mass is 430 g/mol. The number of hydrogen-bond acceptors (Lipinski definition) is 2. The number of aromatic nitrogens is 2. The Balaban J connectivity index is 1.56. The number of aromatic amines is 2. The average Bonchev–Trinajstić information content (AvgIpc) is 2.73. The summed E-state index contributed by atoms with van der Waals surface area (Å²) in [6.45, 7) is 0. The molecular formula is C23H24ClFN2OS. The molecule has 0 amide bonds. The highest BCUT2D eigenvalue weighted by atomic mass is 35.5. The van der Waals surface area contributed by atoms with Gasteiger partial charge in [0.15, 0.2) is 4.77 Å². The van der Waals surface area contributed by atoms with E-state index in [0.29, 0.717) is 28.6 Å². The first-order valence-corrected chi connectivity index (χ1v) is 10.9. The summed E-state index contributed by atoms with van der Waals surface area (Å²) in [7, 11) is 0. The van der Waals surface area contributed by atoms with Crippen LogP contribution in [0.25, 0.3) is 0 Å². The lowest BCUT2D eigenvalue weighted by atomic mass is 9.72. The van der Waals surface area contributed by atoms with Crippen LogP contribution in [0.3, 0.4) is 0 Å². The molecule has 0 spiro atoms. The van der Waals surface area contributed by atoms with Crippen molar-refractivity contribution >= 4 is 23.8 Å². The molecule has 1 aromatic heterocycles. The van der Waals surface area contributed by atoms with Gasteiger partial charge < -0.3 is 4.98 Å². The van der Waals surface area contributed by atoms with Crippen molar-refractivity contribution in [3.63, 3.8) is 0 Å². The molecule has 0 bridgehead atoms. The van der Waals surface area contributed by atoms with Crippen LogP contribution in [0, 0.1) is 22.4 Å². The van der Waals surface area contributed by atoms with Crippen molar-refractivity contribution in [1.29, 1.82) is 0 Å². The predicted octanol–water partition coefficient (Wildman–Crippen LogP) is 6.22. The van der Waals surface area contributed by atoms with E-state index < -0.39 is 5.82 Å². The molecule has 4 rings (SSSR count). The number of rotatable bonds is 4. The molecule has 1 unspecified atom stereocenters. The highest BCUT2D eigenvalue weighted by Gasteiger charge is 2.29. The Labute approximate surface area is 179 Å². The van der Waals surface area contributed by atoms with Gasteiger partial charge in [-0.05, 0) is 79.8 Å². The quantitative estimate of drug-likeness (QED) is 0.565. The Morgan fingerprint density at radius 2 is 1.93 bits per heavy atom. The zero-order valence-electron chi connectivity index (χ0n) is 16.1. The van der Waals surface area contributed by atoms with Gasteiger partial charge in [0.2, 0.25) is 0 Å². The van der Waals surface area contributed by atoms with E-state index in [2.05, 4.69) is 34.3 Å². The number of nitrogens with one attached hydrogen (secondary N) is 2. The normalized spacial score (nSPS) is 24.0. The molecule has 1 heterocycles. The Bertz CT molecular complexity index is 1060. The van der Waals surface area contributed by atoms with Gasteiger partial charge in [-0.3, -0.25) is 9.78 Å². The van der Waals surface area contributed by atoms with Crippen LogP contribution in [0.15, 0.2) is 47.3 Å². The molecule has 0 radical (unpaired) electrons. The molecule has 1 saturated carbocycles. The van der Waals surface area contributed by atoms with E-state index in [4.69, 9.17) is 23.8 Å². The molecule has 1 aromatic carbocycles. The van der Waals surface area contributed by atoms with E-state index in [0.717, 1.165) is 43.4 Å². The van der Waals surface area contributed by atoms with Crippen LogP contribution < -0.4 is 5.56 Å². The van der Waals surface area contributed by atoms with Gasteiger partial charge in [-0.1, -0.05) is 42.0 Å². The van der Waals surface area contributed by atoms with E-state index in [1.807, 2.05) is 0 Å². The zero-order chi connectivity index (χ0) is 20.4. The van der Waals surface area contributed by atoms with Crippen molar-refractivity contribution in [2.24, 2.45) is 11.8 Å². The van der Waals surface area contributed by atoms with Crippen LogP contribution in [0.1, 0.15) is 54.8 Å². The summed E-state index contributed by atoms with van der Waals surface area (Å²) < 4.78 is 13.9. The maximum absolute atomic E-state index is 13.5. The lowest BCUT2D eigenvalue weighted by molar-refractivity contribution is 0.262. The van der Waals surface area contributed by atoms with Gasteiger partial charge in [-0.25, -0.2) is 4.39 Å². The lowest BCUT2D eigenvalue weighted by Crippen LogP contribution is -2.25. The van der Waals surface area contributed by atoms with E-state index in [9.17, 15) is 9.18 Å². The first kappa shape index (κ1) is 20.3. The Hall–Kier alpha value is -1.98. The molecular weight excluding hydrogens is 407 g/mol. The summed E-state index contributed by atoms with van der Waals surface area (Å²) in [4.78, 5) is 18.7. The van der Waals surface area contributed by atoms with Crippen LogP contribution in [0.2, 0.25) is 5.02 Å². The highest BCUT2D eigenvalue weighted by molar-refractivity contribution is 7.71. The third-order valence-electron chi connectivity index (χ3n) is 6.24. The molecule has 29 heavy (non-hydrogen) atoms. The number of H-pyrrole nitrogens is 2. The first-order chi connectivity index (χ1) is 14.0. The van der Waals surface area contributed by atoms with E-state index in [1.54, 1.807) is 12.1 Å². The van der Waals surface area contributed by atoms with Crippen molar-refractivity contribution in [3.8, 4) is 0 Å². The summed E-state index contributed by atoms with van der Waals surface area (Å²) >= 11 is 11.2. The molecule has 152 valence electrons. The highest BCUT2D eigenvalue weighted by Crippen LogP contribution is 2.40. The molecule has 1 fully saturated rings. The van der Waals surface area contributed by atoms with Crippen LogP contribution in [-0.2, 0) is 6.42 Å². The minimum Gasteiger partial charge on any atom is -0.335 e. The van der Waals surface area contributed by atoms with Crippen molar-refractivity contribution in [3.05, 3.63) is 85.3 Å². The van der Waals surface area contributed by atoms with Gasteiger partial charge in [0, 0.05) is 17.7 Å². The van der Waals surface area contributed by atoms with Gasteiger partial charge in [0.05, 0.1) is 5.02 Å². The van der Waals surface area contributed by atoms with Crippen LogP contribution >= 0.6 is 23.8 Å². The number of allylic oxidation sites excluding steroid dienone is 4. The third-order valence-corrected chi connectivity index (χ3v) is 6.73. The standard InChI is InChI=1S/C23H24ClFN2OS/c24-19-13-14(6-11-20(19)25)12-18-21(26-23(29)27-22(18)28)17-9-7-16(8-10-17)15-4-2-1-3-5-15/h1-4,6,11,13,15-17H,5,7-10,12H2,(H2,26,27,28,29)/t15?,16-,17-. The lowest BCUT2D eigenvalue weighted by Gasteiger charge is -2.33. The van der Waals surface area contributed by atoms with Crippen LogP contribution in [-0.4, -0.2) is 9.97 Å². The second-order valence-corrected chi connectivity index (χ2v) is 8.87. The van der Waals surface area contributed by atoms with E-state index in [1.165, 1.54) is 6.07 Å². The molecule has 0 saturated heterocycles. The smallest absolute Gasteiger partial charge is 0.255 e. The van der Waals surface area contributed by atoms with Gasteiger partial charge in [0.25, 0.3) is 5.56 Å². The minimum atomic E-state index is -0.457. The van der Waals surface area contributed by atoms with Gasteiger partial charge >= 0.3 is 0 Å². The number of hydrogen-bond donors (Lipinski definition) is 2. The topological polar surface area (TPSA) is 48.6 Å². The number of benzene rings is 1. The summed E-state index contributed by atoms with van der Waals surface area (Å²) in [5, 5.41) is 0.0689. The molecule has 2 aliphatic rings. The zero-order valence-corrected chi connectivity index (χ0v) is 17.7. The fourth-order valence-corrected chi connectivity index (χ4v) is 5.10. The van der Waals surface area contributed by atoms with Crippen molar-refractivity contribution in [2.45, 2.75) is 44.4 Å². The predicted molar refractivity (Wildman–Crippen MR) is 118 cm³/mol. The molecule has 0 aliphatic heterocycles. The minimum absolute atomic E-state index is 0.0689. The summed E-state index contributed by atoms with van der Waals surface area (Å²) in [6, 6.07) is 4.60. The van der Waals surface area contributed by atoms with Crippen molar-refractivity contribution < 1.29 is 4.39 Å². The number of halogens is 2. The second-order valence-electron chi connectivity index (χ2n) is 8.05. The molecule has 1 atom stereocenters. The summed E-state index contributed by atoms with van der Waals surface area (Å²) in [6.07, 6.45) is 14.7. The average molecular weight is 431 g/mol.